The molecule has 1 heterocycles. The summed E-state index contributed by atoms with van der Waals surface area (Å²) in [5, 5.41) is 2.40. The summed E-state index contributed by atoms with van der Waals surface area (Å²) in [6.45, 7) is 7.27. The Hall–Kier alpha value is -2.33. The van der Waals surface area contributed by atoms with E-state index in [1.54, 1.807) is 0 Å². The molecule has 1 amide bonds. The highest BCUT2D eigenvalue weighted by atomic mass is 32.1. The summed E-state index contributed by atoms with van der Waals surface area (Å²) >= 11 is 4.65. The molecule has 152 valence electrons. The van der Waals surface area contributed by atoms with Crippen molar-refractivity contribution in [3.8, 4) is 0 Å². The van der Waals surface area contributed by atoms with Crippen molar-refractivity contribution in [1.82, 2.24) is 4.90 Å². The Morgan fingerprint density at radius 1 is 1.21 bits per heavy atom. The van der Waals surface area contributed by atoms with Gasteiger partial charge in [0.25, 0.3) is 0 Å². The fraction of sp³-hybridized carbons (Fsp3) is 0.417. The van der Waals surface area contributed by atoms with E-state index in [1.807, 2.05) is 54.3 Å². The van der Waals surface area contributed by atoms with Crippen molar-refractivity contribution in [3.05, 3.63) is 60.2 Å². The zero-order chi connectivity index (χ0) is 20.6. The number of aliphatic imine (C=N–C) groups is 1. The molecule has 1 fully saturated rings. The molecule has 1 saturated heterocycles. The standard InChI is InChI=1S/C24H29N3OS/c1-3-24(28)27(22-7-5-4-6-8-22)23-14-16-26(17-19(23)2)15-13-20-9-11-21(12-10-20)25-18-29/h4-12,19,23H,3,13-17H2,1-2H3/t19-,23+/m1/s1. The predicted octanol–water partition coefficient (Wildman–Crippen LogP) is 5.12. The zero-order valence-electron chi connectivity index (χ0n) is 17.3. The van der Waals surface area contributed by atoms with Crippen LogP contribution in [0.4, 0.5) is 11.4 Å². The first-order valence-electron chi connectivity index (χ1n) is 10.4. The molecule has 1 aliphatic heterocycles. The van der Waals surface area contributed by atoms with Gasteiger partial charge in [0.2, 0.25) is 5.91 Å². The fourth-order valence-electron chi connectivity index (χ4n) is 4.16. The summed E-state index contributed by atoms with van der Waals surface area (Å²) < 4.78 is 0. The van der Waals surface area contributed by atoms with Gasteiger partial charge in [-0.05, 0) is 60.8 Å². The fourth-order valence-corrected chi connectivity index (χ4v) is 4.27. The van der Waals surface area contributed by atoms with E-state index in [2.05, 4.69) is 46.3 Å². The number of thiocarbonyl (C=S) groups is 1. The number of hydrogen-bond donors (Lipinski definition) is 0. The van der Waals surface area contributed by atoms with E-state index in [9.17, 15) is 4.79 Å². The number of likely N-dealkylation sites (tertiary alicyclic amines) is 1. The van der Waals surface area contributed by atoms with Gasteiger partial charge in [-0.25, -0.2) is 0 Å². The quantitative estimate of drug-likeness (QED) is 0.472. The summed E-state index contributed by atoms with van der Waals surface area (Å²) in [4.78, 5) is 21.3. The lowest BCUT2D eigenvalue weighted by molar-refractivity contribution is -0.119. The van der Waals surface area contributed by atoms with Crippen LogP contribution in [0.2, 0.25) is 0 Å². The van der Waals surface area contributed by atoms with Gasteiger partial charge in [-0.1, -0.05) is 44.2 Å². The second-order valence-electron chi connectivity index (χ2n) is 7.71. The molecule has 4 nitrogen and oxygen atoms in total. The van der Waals surface area contributed by atoms with Crippen LogP contribution in [0.25, 0.3) is 0 Å². The van der Waals surface area contributed by atoms with Gasteiger partial charge in [0.15, 0.2) is 0 Å². The van der Waals surface area contributed by atoms with Crippen LogP contribution in [0.3, 0.4) is 0 Å². The maximum Gasteiger partial charge on any atom is 0.226 e. The van der Waals surface area contributed by atoms with Crippen molar-refractivity contribution in [2.75, 3.05) is 24.5 Å². The monoisotopic (exact) mass is 407 g/mol. The number of nitrogens with zero attached hydrogens (tertiary/aromatic N) is 3. The second kappa shape index (κ2) is 10.4. The smallest absolute Gasteiger partial charge is 0.226 e. The summed E-state index contributed by atoms with van der Waals surface area (Å²) in [6.07, 6.45) is 2.55. The Morgan fingerprint density at radius 2 is 1.93 bits per heavy atom. The lowest BCUT2D eigenvalue weighted by Crippen LogP contribution is -2.52. The van der Waals surface area contributed by atoms with Crippen LogP contribution < -0.4 is 4.90 Å². The number of isothiocyanates is 1. The van der Waals surface area contributed by atoms with Crippen molar-refractivity contribution < 1.29 is 4.79 Å². The summed E-state index contributed by atoms with van der Waals surface area (Å²) in [5.74, 6) is 0.638. The van der Waals surface area contributed by atoms with E-state index in [1.165, 1.54) is 5.56 Å². The van der Waals surface area contributed by atoms with Gasteiger partial charge < -0.3 is 9.80 Å². The molecule has 2 aromatic carbocycles. The highest BCUT2D eigenvalue weighted by Gasteiger charge is 2.33. The van der Waals surface area contributed by atoms with Gasteiger partial charge in [-0.3, -0.25) is 4.79 Å². The number of carbonyl (C=O) groups is 1. The van der Waals surface area contributed by atoms with E-state index in [4.69, 9.17) is 0 Å². The molecule has 0 N–H and O–H groups in total. The largest absolute Gasteiger partial charge is 0.309 e. The minimum Gasteiger partial charge on any atom is -0.309 e. The maximum atomic E-state index is 12.7. The lowest BCUT2D eigenvalue weighted by atomic mass is 9.91. The van der Waals surface area contributed by atoms with Crippen LogP contribution in [-0.2, 0) is 11.2 Å². The van der Waals surface area contributed by atoms with E-state index >= 15 is 0 Å². The molecule has 0 unspecified atom stereocenters. The average Bonchev–Trinajstić information content (AvgIpc) is 2.75. The number of carbonyl (C=O) groups excluding carboxylic acids is 1. The van der Waals surface area contributed by atoms with Crippen LogP contribution in [0.1, 0.15) is 32.3 Å². The predicted molar refractivity (Wildman–Crippen MR) is 123 cm³/mol. The lowest BCUT2D eigenvalue weighted by Gasteiger charge is -2.42. The zero-order valence-corrected chi connectivity index (χ0v) is 18.1. The summed E-state index contributed by atoms with van der Waals surface area (Å²) in [6, 6.07) is 18.6. The topological polar surface area (TPSA) is 35.9 Å². The summed E-state index contributed by atoms with van der Waals surface area (Å²) in [7, 11) is 0. The van der Waals surface area contributed by atoms with Gasteiger partial charge in [0.05, 0.1) is 10.8 Å². The van der Waals surface area contributed by atoms with Crippen molar-refractivity contribution >= 4 is 34.7 Å². The molecule has 0 radical (unpaired) electrons. The van der Waals surface area contributed by atoms with Gasteiger partial charge in [0, 0.05) is 37.8 Å². The Balaban J connectivity index is 1.60. The minimum atomic E-state index is 0.209. The molecular weight excluding hydrogens is 378 g/mol. The first-order valence-corrected chi connectivity index (χ1v) is 10.8. The third-order valence-electron chi connectivity index (χ3n) is 5.71. The highest BCUT2D eigenvalue weighted by molar-refractivity contribution is 7.78. The Bertz CT molecular complexity index is 846. The molecular formula is C24H29N3OS. The maximum absolute atomic E-state index is 12.7. The number of rotatable bonds is 7. The van der Waals surface area contributed by atoms with E-state index in [0.29, 0.717) is 12.3 Å². The van der Waals surface area contributed by atoms with Gasteiger partial charge >= 0.3 is 0 Å². The molecule has 5 heteroatoms. The normalized spacial score (nSPS) is 19.4. The van der Waals surface area contributed by atoms with Crippen LogP contribution >= 0.6 is 12.2 Å². The molecule has 0 spiro atoms. The van der Waals surface area contributed by atoms with E-state index < -0.39 is 0 Å². The number of hydrogen-bond acceptors (Lipinski definition) is 4. The third kappa shape index (κ3) is 5.60. The van der Waals surface area contributed by atoms with Crippen molar-refractivity contribution in [2.45, 2.75) is 39.2 Å². The van der Waals surface area contributed by atoms with Gasteiger partial charge in [0.1, 0.15) is 0 Å². The van der Waals surface area contributed by atoms with Crippen molar-refractivity contribution in [3.63, 3.8) is 0 Å². The molecule has 2 atom stereocenters. The molecule has 2 aromatic rings. The van der Waals surface area contributed by atoms with Gasteiger partial charge in [-0.2, -0.15) is 4.99 Å². The van der Waals surface area contributed by atoms with Crippen LogP contribution in [0.15, 0.2) is 59.6 Å². The van der Waals surface area contributed by atoms with E-state index in [-0.39, 0.29) is 11.9 Å². The van der Waals surface area contributed by atoms with Crippen LogP contribution in [0, 0.1) is 5.92 Å². The number of para-hydroxylation sites is 1. The number of piperidine rings is 1. The molecule has 0 aromatic heterocycles. The van der Waals surface area contributed by atoms with Crippen LogP contribution in [-0.4, -0.2) is 41.6 Å². The molecule has 29 heavy (non-hydrogen) atoms. The second-order valence-corrected chi connectivity index (χ2v) is 7.89. The molecule has 0 saturated carbocycles. The Kier molecular flexibility index (Phi) is 7.70. The Labute approximate surface area is 179 Å². The highest BCUT2D eigenvalue weighted by Crippen LogP contribution is 2.28. The average molecular weight is 408 g/mol. The molecule has 3 rings (SSSR count). The summed E-state index contributed by atoms with van der Waals surface area (Å²) in [5.41, 5.74) is 3.17. The minimum absolute atomic E-state index is 0.209. The van der Waals surface area contributed by atoms with Crippen molar-refractivity contribution in [1.29, 1.82) is 0 Å². The molecule has 0 bridgehead atoms. The first kappa shape index (κ1) is 21.4. The number of amides is 1. The Morgan fingerprint density at radius 3 is 2.55 bits per heavy atom. The molecule has 0 aliphatic carbocycles. The number of benzene rings is 2. The number of anilines is 1. The van der Waals surface area contributed by atoms with E-state index in [0.717, 1.165) is 43.9 Å². The van der Waals surface area contributed by atoms with Gasteiger partial charge in [-0.15, -0.1) is 0 Å². The first-order chi connectivity index (χ1) is 14.1. The third-order valence-corrected chi connectivity index (χ3v) is 5.80. The molecule has 1 aliphatic rings. The van der Waals surface area contributed by atoms with Crippen LogP contribution in [0.5, 0.6) is 0 Å². The van der Waals surface area contributed by atoms with Crippen molar-refractivity contribution in [2.24, 2.45) is 10.9 Å². The SMILES string of the molecule is CCC(=O)N(c1ccccc1)[C@H]1CCN(CCc2ccc(N=C=S)cc2)C[C@H]1C.